The number of hydrogen-bond donors (Lipinski definition) is 0. The third kappa shape index (κ3) is 3.19. The van der Waals surface area contributed by atoms with E-state index in [2.05, 4.69) is 5.10 Å². The lowest BCUT2D eigenvalue weighted by Crippen LogP contribution is -2.01. The summed E-state index contributed by atoms with van der Waals surface area (Å²) in [6.07, 6.45) is 0. The van der Waals surface area contributed by atoms with Gasteiger partial charge in [-0.05, 0) is 32.0 Å². The van der Waals surface area contributed by atoms with Gasteiger partial charge in [-0.15, -0.1) is 0 Å². The first kappa shape index (κ1) is 15.4. The van der Waals surface area contributed by atoms with Gasteiger partial charge in [-0.3, -0.25) is 9.48 Å². The Kier molecular flexibility index (Phi) is 4.53. The highest BCUT2D eigenvalue weighted by Gasteiger charge is 2.14. The number of rotatable bonds is 5. The summed E-state index contributed by atoms with van der Waals surface area (Å²) in [6, 6.07) is 5.09. The number of ketones is 1. The molecule has 112 valence electrons. The third-order valence-corrected chi connectivity index (χ3v) is 3.68. The second kappa shape index (κ2) is 6.18. The Bertz CT molecular complexity index is 680. The van der Waals surface area contributed by atoms with E-state index in [-0.39, 0.29) is 12.4 Å². The number of carbonyl (C=O) groups excluding carboxylic acids is 1. The second-order valence-electron chi connectivity index (χ2n) is 4.69. The van der Waals surface area contributed by atoms with E-state index in [0.29, 0.717) is 22.2 Å². The van der Waals surface area contributed by atoms with Gasteiger partial charge in [-0.2, -0.15) is 5.10 Å². The van der Waals surface area contributed by atoms with Crippen molar-refractivity contribution in [1.82, 2.24) is 9.78 Å². The molecule has 1 aromatic heterocycles. The molecule has 0 spiro atoms. The summed E-state index contributed by atoms with van der Waals surface area (Å²) in [4.78, 5) is 11.4. The highest BCUT2D eigenvalue weighted by atomic mass is 35.5. The fraction of sp³-hybridized carbons (Fsp3) is 0.333. The maximum atomic E-state index is 11.4. The van der Waals surface area contributed by atoms with Gasteiger partial charge in [0.1, 0.15) is 11.8 Å². The van der Waals surface area contributed by atoms with E-state index >= 15 is 0 Å². The van der Waals surface area contributed by atoms with E-state index in [1.54, 1.807) is 29.9 Å². The standard InChI is InChI=1S/C15H17ClN2O3/c1-9-12(15(16)18(3)17-9)8-21-13-6-5-11(10(2)19)7-14(13)20-4/h5-7H,8H2,1-4H3. The Balaban J connectivity index is 2.22. The summed E-state index contributed by atoms with van der Waals surface area (Å²) in [7, 11) is 3.31. The molecule has 0 fully saturated rings. The number of hydrogen-bond acceptors (Lipinski definition) is 4. The van der Waals surface area contributed by atoms with Crippen LogP contribution in [0, 0.1) is 6.92 Å². The van der Waals surface area contributed by atoms with Crippen LogP contribution in [0.25, 0.3) is 0 Å². The van der Waals surface area contributed by atoms with Crippen molar-refractivity contribution in [2.24, 2.45) is 7.05 Å². The zero-order valence-electron chi connectivity index (χ0n) is 12.4. The normalized spacial score (nSPS) is 10.5. The summed E-state index contributed by atoms with van der Waals surface area (Å²) < 4.78 is 12.6. The molecule has 2 rings (SSSR count). The van der Waals surface area contributed by atoms with Crippen molar-refractivity contribution < 1.29 is 14.3 Å². The van der Waals surface area contributed by atoms with E-state index in [1.807, 2.05) is 6.92 Å². The van der Waals surface area contributed by atoms with Crippen LogP contribution in [-0.4, -0.2) is 22.7 Å². The van der Waals surface area contributed by atoms with Gasteiger partial charge in [0.25, 0.3) is 0 Å². The van der Waals surface area contributed by atoms with Crippen LogP contribution in [-0.2, 0) is 13.7 Å². The van der Waals surface area contributed by atoms with Gasteiger partial charge in [0.15, 0.2) is 17.3 Å². The molecule has 6 heteroatoms. The number of methoxy groups -OCH3 is 1. The van der Waals surface area contributed by atoms with Gasteiger partial charge < -0.3 is 9.47 Å². The third-order valence-electron chi connectivity index (χ3n) is 3.21. The average Bonchev–Trinajstić information content (AvgIpc) is 2.70. The number of nitrogens with zero attached hydrogens (tertiary/aromatic N) is 2. The predicted molar refractivity (Wildman–Crippen MR) is 80.3 cm³/mol. The molecule has 21 heavy (non-hydrogen) atoms. The molecule has 2 aromatic rings. The van der Waals surface area contributed by atoms with E-state index in [9.17, 15) is 4.79 Å². The molecule has 0 bridgehead atoms. The number of Topliss-reactive ketones (excluding diaryl/α,β-unsaturated/α-hetero) is 1. The SMILES string of the molecule is COc1cc(C(C)=O)ccc1OCc1c(C)nn(C)c1Cl. The van der Waals surface area contributed by atoms with Crippen molar-refractivity contribution in [3.63, 3.8) is 0 Å². The van der Waals surface area contributed by atoms with Crippen molar-refractivity contribution in [2.45, 2.75) is 20.5 Å². The van der Waals surface area contributed by atoms with E-state index in [4.69, 9.17) is 21.1 Å². The number of benzene rings is 1. The minimum atomic E-state index is -0.0222. The largest absolute Gasteiger partial charge is 0.493 e. The molecule has 0 unspecified atom stereocenters. The van der Waals surface area contributed by atoms with Crippen LogP contribution in [0.2, 0.25) is 5.15 Å². The zero-order valence-corrected chi connectivity index (χ0v) is 13.2. The Morgan fingerprint density at radius 1 is 1.38 bits per heavy atom. The minimum absolute atomic E-state index is 0.0222. The van der Waals surface area contributed by atoms with Gasteiger partial charge in [-0.1, -0.05) is 11.6 Å². The fourth-order valence-corrected chi connectivity index (χ4v) is 2.22. The molecule has 1 aromatic carbocycles. The lowest BCUT2D eigenvalue weighted by atomic mass is 10.1. The zero-order chi connectivity index (χ0) is 15.6. The van der Waals surface area contributed by atoms with Crippen molar-refractivity contribution >= 4 is 17.4 Å². The highest BCUT2D eigenvalue weighted by molar-refractivity contribution is 6.30. The van der Waals surface area contributed by atoms with Crippen LogP contribution in [0.3, 0.4) is 0 Å². The second-order valence-corrected chi connectivity index (χ2v) is 5.05. The van der Waals surface area contributed by atoms with E-state index in [1.165, 1.54) is 14.0 Å². The van der Waals surface area contributed by atoms with E-state index in [0.717, 1.165) is 11.3 Å². The topological polar surface area (TPSA) is 53.4 Å². The van der Waals surface area contributed by atoms with Crippen molar-refractivity contribution in [3.05, 3.63) is 40.2 Å². The average molecular weight is 309 g/mol. The van der Waals surface area contributed by atoms with Gasteiger partial charge in [-0.25, -0.2) is 0 Å². The monoisotopic (exact) mass is 308 g/mol. The number of aromatic nitrogens is 2. The molecule has 0 saturated carbocycles. The van der Waals surface area contributed by atoms with Gasteiger partial charge in [0.2, 0.25) is 0 Å². The molecular formula is C15H17ClN2O3. The van der Waals surface area contributed by atoms with Crippen molar-refractivity contribution in [2.75, 3.05) is 7.11 Å². The summed E-state index contributed by atoms with van der Waals surface area (Å²) in [6.45, 7) is 3.67. The molecule has 0 aliphatic rings. The number of ether oxygens (including phenoxy) is 2. The van der Waals surface area contributed by atoms with Crippen LogP contribution in [0.5, 0.6) is 11.5 Å². The van der Waals surface area contributed by atoms with Crippen LogP contribution in [0.1, 0.15) is 28.5 Å². The Hall–Kier alpha value is -2.01. The maximum Gasteiger partial charge on any atom is 0.161 e. The summed E-state index contributed by atoms with van der Waals surface area (Å²) >= 11 is 6.17. The molecule has 0 amide bonds. The molecule has 5 nitrogen and oxygen atoms in total. The number of halogens is 1. The van der Waals surface area contributed by atoms with Crippen LogP contribution < -0.4 is 9.47 Å². The summed E-state index contributed by atoms with van der Waals surface area (Å²) in [5.74, 6) is 1.05. The molecular weight excluding hydrogens is 292 g/mol. The number of aryl methyl sites for hydroxylation is 2. The molecule has 1 heterocycles. The minimum Gasteiger partial charge on any atom is -0.493 e. The first-order chi connectivity index (χ1) is 9.93. The Morgan fingerprint density at radius 2 is 2.10 bits per heavy atom. The Morgan fingerprint density at radius 3 is 2.62 bits per heavy atom. The first-order valence-electron chi connectivity index (χ1n) is 6.43. The van der Waals surface area contributed by atoms with E-state index < -0.39 is 0 Å². The predicted octanol–water partition coefficient (Wildman–Crippen LogP) is 3.17. The number of carbonyl (C=O) groups is 1. The lowest BCUT2D eigenvalue weighted by Gasteiger charge is -2.11. The van der Waals surface area contributed by atoms with Gasteiger partial charge in [0.05, 0.1) is 12.8 Å². The molecule has 0 aliphatic carbocycles. The maximum absolute atomic E-state index is 11.4. The molecule has 0 saturated heterocycles. The van der Waals surface area contributed by atoms with Crippen LogP contribution >= 0.6 is 11.6 Å². The molecule has 0 radical (unpaired) electrons. The molecule has 0 N–H and O–H groups in total. The first-order valence-corrected chi connectivity index (χ1v) is 6.81. The van der Waals surface area contributed by atoms with Crippen molar-refractivity contribution in [3.8, 4) is 11.5 Å². The summed E-state index contributed by atoms with van der Waals surface area (Å²) in [5, 5.41) is 4.78. The smallest absolute Gasteiger partial charge is 0.161 e. The van der Waals surface area contributed by atoms with Crippen LogP contribution in [0.4, 0.5) is 0 Å². The molecule has 0 aliphatic heterocycles. The van der Waals surface area contributed by atoms with Gasteiger partial charge >= 0.3 is 0 Å². The van der Waals surface area contributed by atoms with Crippen LogP contribution in [0.15, 0.2) is 18.2 Å². The highest BCUT2D eigenvalue weighted by Crippen LogP contribution is 2.30. The van der Waals surface area contributed by atoms with Crippen molar-refractivity contribution in [1.29, 1.82) is 0 Å². The lowest BCUT2D eigenvalue weighted by molar-refractivity contribution is 0.101. The molecule has 0 atom stereocenters. The quantitative estimate of drug-likeness (QED) is 0.796. The Labute approximate surface area is 128 Å². The van der Waals surface area contributed by atoms with Gasteiger partial charge in [0, 0.05) is 18.2 Å². The fourth-order valence-electron chi connectivity index (χ4n) is 1.99. The summed E-state index contributed by atoms with van der Waals surface area (Å²) in [5.41, 5.74) is 2.23.